The molecule has 0 radical (unpaired) electrons. The number of hydrogen-bond acceptors (Lipinski definition) is 3. The Morgan fingerprint density at radius 1 is 1.79 bits per heavy atom. The minimum absolute atomic E-state index is 0.0561. The van der Waals surface area contributed by atoms with Gasteiger partial charge in [-0.3, -0.25) is 9.89 Å². The van der Waals surface area contributed by atoms with Gasteiger partial charge in [0.25, 0.3) is 5.91 Å². The van der Waals surface area contributed by atoms with Crippen LogP contribution in [-0.4, -0.2) is 28.6 Å². The van der Waals surface area contributed by atoms with Gasteiger partial charge in [0.1, 0.15) is 0 Å². The Hall–Kier alpha value is -1.50. The van der Waals surface area contributed by atoms with Gasteiger partial charge >= 0.3 is 5.92 Å². The molecule has 0 spiro atoms. The fourth-order valence-electron chi connectivity index (χ4n) is 0.783. The number of alkyl halides is 2. The van der Waals surface area contributed by atoms with E-state index in [0.717, 1.165) is 0 Å². The number of nitrogens with two attached hydrogens (primary N) is 1. The van der Waals surface area contributed by atoms with Crippen LogP contribution in [0.5, 0.6) is 0 Å². The van der Waals surface area contributed by atoms with Crippen LogP contribution in [0.15, 0.2) is 6.07 Å². The average molecular weight is 204 g/mol. The van der Waals surface area contributed by atoms with Crippen LogP contribution in [0.4, 0.5) is 14.6 Å². The Kier molecular flexibility index (Phi) is 2.80. The number of rotatable bonds is 3. The van der Waals surface area contributed by atoms with E-state index in [1.165, 1.54) is 6.07 Å². The van der Waals surface area contributed by atoms with Crippen molar-refractivity contribution >= 4 is 11.7 Å². The molecule has 4 N–H and O–H groups in total. The third kappa shape index (κ3) is 2.25. The highest BCUT2D eigenvalue weighted by Gasteiger charge is 2.37. The molecule has 0 aliphatic rings. The van der Waals surface area contributed by atoms with E-state index in [-0.39, 0.29) is 5.82 Å². The number of carbonyl (C=O) groups excluding carboxylic acids is 1. The summed E-state index contributed by atoms with van der Waals surface area (Å²) < 4.78 is 25.3. The number of H-pyrrole nitrogens is 1. The second-order valence-corrected chi connectivity index (χ2v) is 2.80. The average Bonchev–Trinajstić information content (AvgIpc) is 2.51. The number of anilines is 1. The van der Waals surface area contributed by atoms with Gasteiger partial charge < -0.3 is 11.1 Å². The normalized spacial score (nSPS) is 11.4. The quantitative estimate of drug-likeness (QED) is 0.659. The largest absolute Gasteiger partial charge is 0.336 e. The minimum atomic E-state index is -3.56. The molecule has 5 nitrogen and oxygen atoms in total. The fourth-order valence-corrected chi connectivity index (χ4v) is 0.783. The maximum atomic E-state index is 12.7. The van der Waals surface area contributed by atoms with E-state index < -0.39 is 18.4 Å². The first-order valence-electron chi connectivity index (χ1n) is 3.87. The molecule has 0 fully saturated rings. The van der Waals surface area contributed by atoms with Crippen LogP contribution in [0.1, 0.15) is 5.69 Å². The Balaban J connectivity index is 2.66. The highest BCUT2D eigenvalue weighted by atomic mass is 19.3. The SMILES string of the molecule is Cc1cc(NC(=O)C(F)(F)CN)n[nH]1. The van der Waals surface area contributed by atoms with E-state index in [1.807, 2.05) is 5.32 Å². The topological polar surface area (TPSA) is 83.8 Å². The summed E-state index contributed by atoms with van der Waals surface area (Å²) in [6.45, 7) is 0.659. The molecule has 1 aromatic rings. The van der Waals surface area contributed by atoms with Crippen molar-refractivity contribution in [2.45, 2.75) is 12.8 Å². The second-order valence-electron chi connectivity index (χ2n) is 2.80. The second kappa shape index (κ2) is 3.70. The smallest absolute Gasteiger partial charge is 0.325 e. The zero-order chi connectivity index (χ0) is 10.8. The lowest BCUT2D eigenvalue weighted by molar-refractivity contribution is -0.138. The molecule has 0 atom stereocenters. The lowest BCUT2D eigenvalue weighted by Crippen LogP contribution is -2.41. The van der Waals surface area contributed by atoms with Gasteiger partial charge in [0.2, 0.25) is 0 Å². The van der Waals surface area contributed by atoms with Crippen molar-refractivity contribution in [1.82, 2.24) is 10.2 Å². The summed E-state index contributed by atoms with van der Waals surface area (Å²) >= 11 is 0. The van der Waals surface area contributed by atoms with Gasteiger partial charge in [0.05, 0.1) is 6.54 Å². The first-order chi connectivity index (χ1) is 6.45. The van der Waals surface area contributed by atoms with Crippen LogP contribution in [0, 0.1) is 6.92 Å². The van der Waals surface area contributed by atoms with Gasteiger partial charge in [0, 0.05) is 11.8 Å². The molecule has 78 valence electrons. The molecule has 1 amide bonds. The zero-order valence-corrected chi connectivity index (χ0v) is 7.47. The number of aryl methyl sites for hydroxylation is 1. The minimum Gasteiger partial charge on any atom is -0.325 e. The van der Waals surface area contributed by atoms with Crippen molar-refractivity contribution in [2.24, 2.45) is 5.73 Å². The van der Waals surface area contributed by atoms with Gasteiger partial charge in [-0.1, -0.05) is 0 Å². The third-order valence-corrected chi connectivity index (χ3v) is 1.54. The summed E-state index contributed by atoms with van der Waals surface area (Å²) in [4.78, 5) is 10.9. The molecular formula is C7H10F2N4O. The van der Waals surface area contributed by atoms with E-state index in [4.69, 9.17) is 5.73 Å². The molecule has 0 unspecified atom stereocenters. The van der Waals surface area contributed by atoms with Gasteiger partial charge in [-0.2, -0.15) is 13.9 Å². The van der Waals surface area contributed by atoms with Crippen LogP contribution in [-0.2, 0) is 4.79 Å². The summed E-state index contributed by atoms with van der Waals surface area (Å²) in [6.07, 6.45) is 0. The van der Waals surface area contributed by atoms with E-state index >= 15 is 0 Å². The van der Waals surface area contributed by atoms with Crippen LogP contribution >= 0.6 is 0 Å². The van der Waals surface area contributed by atoms with E-state index in [1.54, 1.807) is 6.92 Å². The van der Waals surface area contributed by atoms with Gasteiger partial charge in [-0.25, -0.2) is 0 Å². The maximum Gasteiger partial charge on any atom is 0.336 e. The summed E-state index contributed by atoms with van der Waals surface area (Å²) in [5.74, 6) is -4.96. The van der Waals surface area contributed by atoms with Crippen molar-refractivity contribution in [3.05, 3.63) is 11.8 Å². The molecule has 0 aromatic carbocycles. The summed E-state index contributed by atoms with van der Waals surface area (Å²) in [7, 11) is 0. The molecule has 0 aliphatic heterocycles. The van der Waals surface area contributed by atoms with Gasteiger partial charge in [0.15, 0.2) is 5.82 Å². The molecular weight excluding hydrogens is 194 g/mol. The van der Waals surface area contributed by atoms with E-state index in [2.05, 4.69) is 10.2 Å². The van der Waals surface area contributed by atoms with Crippen molar-refractivity contribution < 1.29 is 13.6 Å². The highest BCUT2D eigenvalue weighted by Crippen LogP contribution is 2.14. The Morgan fingerprint density at radius 2 is 2.43 bits per heavy atom. The number of halogens is 2. The van der Waals surface area contributed by atoms with Crippen molar-refractivity contribution in [3.63, 3.8) is 0 Å². The predicted octanol–water partition coefficient (Wildman–Crippen LogP) is 0.251. The first-order valence-corrected chi connectivity index (χ1v) is 3.87. The van der Waals surface area contributed by atoms with Crippen LogP contribution in [0.3, 0.4) is 0 Å². The Bertz CT molecular complexity index is 336. The van der Waals surface area contributed by atoms with Crippen LogP contribution in [0.2, 0.25) is 0 Å². The monoisotopic (exact) mass is 204 g/mol. The number of carbonyl (C=O) groups is 1. The number of hydrogen-bond donors (Lipinski definition) is 3. The first kappa shape index (κ1) is 10.6. The van der Waals surface area contributed by atoms with Gasteiger partial charge in [-0.05, 0) is 6.92 Å². The molecule has 14 heavy (non-hydrogen) atoms. The molecule has 1 heterocycles. The molecule has 0 aliphatic carbocycles. The molecule has 1 aromatic heterocycles. The lowest BCUT2D eigenvalue weighted by Gasteiger charge is -2.11. The number of aromatic amines is 1. The molecule has 0 saturated heterocycles. The summed E-state index contributed by atoms with van der Waals surface area (Å²) in [5.41, 5.74) is 5.39. The number of amides is 1. The van der Waals surface area contributed by atoms with Crippen LogP contribution in [0.25, 0.3) is 0 Å². The van der Waals surface area contributed by atoms with Crippen molar-refractivity contribution in [1.29, 1.82) is 0 Å². The lowest BCUT2D eigenvalue weighted by atomic mass is 10.3. The highest BCUT2D eigenvalue weighted by molar-refractivity contribution is 5.95. The Morgan fingerprint density at radius 3 is 2.86 bits per heavy atom. The zero-order valence-electron chi connectivity index (χ0n) is 7.47. The van der Waals surface area contributed by atoms with E-state index in [9.17, 15) is 13.6 Å². The third-order valence-electron chi connectivity index (χ3n) is 1.54. The summed E-state index contributed by atoms with van der Waals surface area (Å²) in [6, 6.07) is 1.44. The number of nitrogens with one attached hydrogen (secondary N) is 2. The standard InChI is InChI=1S/C7H10F2N4O/c1-4-2-5(13-12-4)11-6(14)7(8,9)3-10/h2H,3,10H2,1H3,(H2,11,12,13,14). The number of aromatic nitrogens is 2. The predicted molar refractivity (Wildman–Crippen MR) is 46.0 cm³/mol. The maximum absolute atomic E-state index is 12.7. The Labute approximate surface area is 78.7 Å². The molecule has 0 bridgehead atoms. The van der Waals surface area contributed by atoms with Crippen molar-refractivity contribution in [3.8, 4) is 0 Å². The van der Waals surface area contributed by atoms with Gasteiger partial charge in [-0.15, -0.1) is 0 Å². The van der Waals surface area contributed by atoms with Crippen LogP contribution < -0.4 is 11.1 Å². The van der Waals surface area contributed by atoms with E-state index in [0.29, 0.717) is 5.69 Å². The fraction of sp³-hybridized carbons (Fsp3) is 0.429. The summed E-state index contributed by atoms with van der Waals surface area (Å²) in [5, 5.41) is 8.02. The van der Waals surface area contributed by atoms with Crippen molar-refractivity contribution in [2.75, 3.05) is 11.9 Å². The molecule has 0 saturated carbocycles. The molecule has 7 heteroatoms. The molecule has 1 rings (SSSR count). The number of nitrogens with zero attached hydrogens (tertiary/aromatic N) is 1.